The first-order chi connectivity index (χ1) is 13.1. The molecule has 1 aromatic carbocycles. The largest absolute Gasteiger partial charge is 0.373 e. The lowest BCUT2D eigenvalue weighted by Crippen LogP contribution is -2.45. The minimum absolute atomic E-state index is 0.0669. The fourth-order valence-corrected chi connectivity index (χ4v) is 3.68. The van der Waals surface area contributed by atoms with Gasteiger partial charge in [-0.1, -0.05) is 24.3 Å². The van der Waals surface area contributed by atoms with Crippen molar-refractivity contribution in [3.8, 4) is 0 Å². The third kappa shape index (κ3) is 6.19. The second kappa shape index (κ2) is 9.53. The van der Waals surface area contributed by atoms with Crippen LogP contribution in [0.3, 0.4) is 0 Å². The lowest BCUT2D eigenvalue weighted by Gasteiger charge is -2.32. The summed E-state index contributed by atoms with van der Waals surface area (Å²) in [4.78, 5) is 9.25. The Labute approximate surface area is 164 Å². The van der Waals surface area contributed by atoms with Crippen molar-refractivity contribution in [3.63, 3.8) is 0 Å². The van der Waals surface area contributed by atoms with Gasteiger partial charge in [0.25, 0.3) is 0 Å². The van der Waals surface area contributed by atoms with Gasteiger partial charge in [-0.05, 0) is 37.9 Å². The summed E-state index contributed by atoms with van der Waals surface area (Å²) in [5, 5.41) is 6.79. The molecule has 1 unspecified atom stereocenters. The van der Waals surface area contributed by atoms with E-state index in [9.17, 15) is 0 Å². The molecule has 2 fully saturated rings. The minimum atomic E-state index is -0.0669. The Balaban J connectivity index is 1.42. The second-order valence-corrected chi connectivity index (χ2v) is 8.08. The smallest absolute Gasteiger partial charge is 0.191 e. The first kappa shape index (κ1) is 20.1. The number of hydrogen-bond acceptors (Lipinski definition) is 4. The zero-order valence-electron chi connectivity index (χ0n) is 17.1. The fraction of sp³-hybridized carbons (Fsp3) is 0.667. The molecule has 2 aliphatic rings. The average Bonchev–Trinajstić information content (AvgIpc) is 3.12. The van der Waals surface area contributed by atoms with Crippen molar-refractivity contribution >= 4 is 5.96 Å². The molecule has 2 aliphatic heterocycles. The number of aliphatic imine (C=N–C) groups is 1. The van der Waals surface area contributed by atoms with Crippen molar-refractivity contribution in [2.75, 3.05) is 53.4 Å². The number of hydrogen-bond donors (Lipinski definition) is 2. The molecule has 0 radical (unpaired) electrons. The Morgan fingerprint density at radius 2 is 1.81 bits per heavy atom. The highest BCUT2D eigenvalue weighted by Gasteiger charge is 2.29. The standard InChI is InChI=1S/C21H35N5O/c1-21(9-4-14-27-21)17-24-20(22-2)23-15-18-5-7-19(8-6-18)16-26-12-10-25(3)11-13-26/h5-8H,4,9-17H2,1-3H3,(H2,22,23,24). The quantitative estimate of drug-likeness (QED) is 0.587. The molecule has 0 aliphatic carbocycles. The van der Waals surface area contributed by atoms with Gasteiger partial charge in [-0.3, -0.25) is 9.89 Å². The maximum absolute atomic E-state index is 5.83. The van der Waals surface area contributed by atoms with E-state index in [0.717, 1.165) is 71.2 Å². The van der Waals surface area contributed by atoms with Gasteiger partial charge >= 0.3 is 0 Å². The van der Waals surface area contributed by atoms with Gasteiger partial charge in [0, 0.05) is 59.5 Å². The molecule has 2 heterocycles. The molecule has 3 rings (SSSR count). The van der Waals surface area contributed by atoms with Crippen molar-refractivity contribution in [3.05, 3.63) is 35.4 Å². The number of likely N-dealkylation sites (N-methyl/N-ethyl adjacent to an activating group) is 1. The van der Waals surface area contributed by atoms with Crippen LogP contribution in [0.1, 0.15) is 30.9 Å². The summed E-state index contributed by atoms with van der Waals surface area (Å²) in [6.07, 6.45) is 2.25. The molecule has 2 saturated heterocycles. The summed E-state index contributed by atoms with van der Waals surface area (Å²) >= 11 is 0. The topological polar surface area (TPSA) is 52.1 Å². The molecule has 6 nitrogen and oxygen atoms in total. The first-order valence-corrected chi connectivity index (χ1v) is 10.1. The van der Waals surface area contributed by atoms with Crippen molar-refractivity contribution < 1.29 is 4.74 Å². The second-order valence-electron chi connectivity index (χ2n) is 8.08. The summed E-state index contributed by atoms with van der Waals surface area (Å²) in [5.41, 5.74) is 2.59. The molecule has 1 atom stereocenters. The highest BCUT2D eigenvalue weighted by atomic mass is 16.5. The van der Waals surface area contributed by atoms with Crippen LogP contribution >= 0.6 is 0 Å². The molecule has 0 amide bonds. The zero-order chi connectivity index (χ0) is 19.1. The van der Waals surface area contributed by atoms with E-state index in [0.29, 0.717) is 0 Å². The molecule has 1 aromatic rings. The molecule has 27 heavy (non-hydrogen) atoms. The van der Waals surface area contributed by atoms with Crippen LogP contribution in [0.15, 0.2) is 29.3 Å². The Morgan fingerprint density at radius 3 is 2.44 bits per heavy atom. The normalized spacial score (nSPS) is 24.9. The van der Waals surface area contributed by atoms with E-state index in [-0.39, 0.29) is 5.60 Å². The summed E-state index contributed by atoms with van der Waals surface area (Å²) in [6.45, 7) is 10.3. The van der Waals surface area contributed by atoms with Crippen molar-refractivity contribution in [1.29, 1.82) is 0 Å². The van der Waals surface area contributed by atoms with Crippen LogP contribution in [0, 0.1) is 0 Å². The first-order valence-electron chi connectivity index (χ1n) is 10.1. The predicted molar refractivity (Wildman–Crippen MR) is 111 cm³/mol. The van der Waals surface area contributed by atoms with Gasteiger partial charge in [-0.15, -0.1) is 0 Å². The van der Waals surface area contributed by atoms with Gasteiger partial charge in [0.2, 0.25) is 0 Å². The van der Waals surface area contributed by atoms with E-state index in [1.165, 1.54) is 11.1 Å². The fourth-order valence-electron chi connectivity index (χ4n) is 3.68. The summed E-state index contributed by atoms with van der Waals surface area (Å²) in [7, 11) is 4.01. The maximum atomic E-state index is 5.83. The predicted octanol–water partition coefficient (Wildman–Crippen LogP) is 1.67. The third-order valence-electron chi connectivity index (χ3n) is 5.64. The summed E-state index contributed by atoms with van der Waals surface area (Å²) in [5.74, 6) is 0.827. The molecular formula is C21H35N5O. The van der Waals surface area contributed by atoms with Gasteiger partial charge in [0.15, 0.2) is 5.96 Å². The Hall–Kier alpha value is -1.63. The van der Waals surface area contributed by atoms with Crippen molar-refractivity contribution in [2.24, 2.45) is 4.99 Å². The van der Waals surface area contributed by atoms with E-state index < -0.39 is 0 Å². The van der Waals surface area contributed by atoms with Crippen LogP contribution < -0.4 is 10.6 Å². The van der Waals surface area contributed by atoms with Crippen LogP contribution in [-0.4, -0.2) is 74.8 Å². The van der Waals surface area contributed by atoms with Gasteiger partial charge in [0.05, 0.1) is 5.60 Å². The number of benzene rings is 1. The monoisotopic (exact) mass is 373 g/mol. The lowest BCUT2D eigenvalue weighted by molar-refractivity contribution is 0.0243. The Morgan fingerprint density at radius 1 is 1.11 bits per heavy atom. The Kier molecular flexibility index (Phi) is 7.10. The number of ether oxygens (including phenoxy) is 1. The molecule has 0 bridgehead atoms. The van der Waals surface area contributed by atoms with E-state index in [1.54, 1.807) is 0 Å². The van der Waals surface area contributed by atoms with Crippen molar-refractivity contribution in [1.82, 2.24) is 20.4 Å². The molecule has 6 heteroatoms. The van der Waals surface area contributed by atoms with Crippen LogP contribution in [-0.2, 0) is 17.8 Å². The maximum Gasteiger partial charge on any atom is 0.191 e. The van der Waals surface area contributed by atoms with Gasteiger partial charge in [0.1, 0.15) is 0 Å². The van der Waals surface area contributed by atoms with E-state index in [4.69, 9.17) is 4.74 Å². The number of piperazine rings is 1. The highest BCUT2D eigenvalue weighted by molar-refractivity contribution is 5.79. The summed E-state index contributed by atoms with van der Waals surface area (Å²) < 4.78 is 5.83. The van der Waals surface area contributed by atoms with Crippen LogP contribution in [0.4, 0.5) is 0 Å². The molecule has 150 valence electrons. The van der Waals surface area contributed by atoms with E-state index in [1.807, 2.05) is 7.05 Å². The number of nitrogens with zero attached hydrogens (tertiary/aromatic N) is 3. The van der Waals surface area contributed by atoms with Crippen molar-refractivity contribution in [2.45, 2.75) is 38.5 Å². The number of nitrogens with one attached hydrogen (secondary N) is 2. The number of rotatable bonds is 6. The molecule has 0 saturated carbocycles. The van der Waals surface area contributed by atoms with Crippen LogP contribution in [0.5, 0.6) is 0 Å². The molecule has 0 aromatic heterocycles. The van der Waals surface area contributed by atoms with E-state index in [2.05, 4.69) is 63.7 Å². The summed E-state index contributed by atoms with van der Waals surface area (Å²) in [6, 6.07) is 8.93. The molecule has 0 spiro atoms. The Bertz CT molecular complexity index is 602. The minimum Gasteiger partial charge on any atom is -0.373 e. The zero-order valence-corrected chi connectivity index (χ0v) is 17.1. The molecular weight excluding hydrogens is 338 g/mol. The molecule has 2 N–H and O–H groups in total. The van der Waals surface area contributed by atoms with Gasteiger partial charge in [-0.2, -0.15) is 0 Å². The lowest BCUT2D eigenvalue weighted by atomic mass is 10.0. The average molecular weight is 374 g/mol. The van der Waals surface area contributed by atoms with Gasteiger partial charge in [-0.25, -0.2) is 0 Å². The van der Waals surface area contributed by atoms with Crippen LogP contribution in [0.25, 0.3) is 0 Å². The highest BCUT2D eigenvalue weighted by Crippen LogP contribution is 2.23. The number of guanidine groups is 1. The van der Waals surface area contributed by atoms with Crippen LogP contribution in [0.2, 0.25) is 0 Å². The van der Waals surface area contributed by atoms with Gasteiger partial charge < -0.3 is 20.3 Å². The SMILES string of the molecule is CN=C(NCc1ccc(CN2CCN(C)CC2)cc1)NCC1(C)CCCO1. The third-order valence-corrected chi connectivity index (χ3v) is 5.64. The van der Waals surface area contributed by atoms with E-state index >= 15 is 0 Å².